The number of likely N-dealkylation sites (tertiary alicyclic amines) is 1. The molecule has 1 N–H and O–H groups in total. The number of aliphatic carboxylic acids is 1. The molecule has 1 aromatic rings. The minimum atomic E-state index is -0.936. The van der Waals surface area contributed by atoms with Crippen molar-refractivity contribution in [3.63, 3.8) is 0 Å². The molecule has 1 atom stereocenters. The van der Waals surface area contributed by atoms with Gasteiger partial charge in [0.2, 0.25) is 0 Å². The van der Waals surface area contributed by atoms with Gasteiger partial charge in [-0.3, -0.25) is 4.79 Å². The predicted molar refractivity (Wildman–Crippen MR) is 78.4 cm³/mol. The number of carboxylic acid groups (broad SMARTS) is 1. The highest BCUT2D eigenvalue weighted by Gasteiger charge is 2.32. The fraction of sp³-hybridized carbons (Fsp3) is 0.375. The molecule has 1 saturated heterocycles. The average Bonchev–Trinajstić information content (AvgIpc) is 2.52. The van der Waals surface area contributed by atoms with Gasteiger partial charge < -0.3 is 14.7 Å². The van der Waals surface area contributed by atoms with Crippen LogP contribution in [0.4, 0.5) is 0 Å². The van der Waals surface area contributed by atoms with E-state index in [1.807, 2.05) is 0 Å². The Labute approximate surface area is 123 Å². The van der Waals surface area contributed by atoms with Crippen LogP contribution in [0.3, 0.4) is 0 Å². The number of amides is 1. The molecule has 21 heavy (non-hydrogen) atoms. The van der Waals surface area contributed by atoms with E-state index in [4.69, 9.17) is 4.74 Å². The summed E-state index contributed by atoms with van der Waals surface area (Å²) in [5, 5.41) is 9.22. The van der Waals surface area contributed by atoms with Gasteiger partial charge in [0.15, 0.2) is 0 Å². The van der Waals surface area contributed by atoms with Gasteiger partial charge >= 0.3 is 5.97 Å². The summed E-state index contributed by atoms with van der Waals surface area (Å²) in [6.07, 6.45) is 3.84. The van der Waals surface area contributed by atoms with Crippen LogP contribution in [0.2, 0.25) is 0 Å². The van der Waals surface area contributed by atoms with Crippen LogP contribution in [0.15, 0.2) is 36.9 Å². The van der Waals surface area contributed by atoms with E-state index in [1.165, 1.54) is 4.90 Å². The predicted octanol–water partition coefficient (Wildman–Crippen LogP) is 2.33. The lowest BCUT2D eigenvalue weighted by molar-refractivity contribution is -0.143. The van der Waals surface area contributed by atoms with Gasteiger partial charge in [-0.15, -0.1) is 0 Å². The first-order valence-electron chi connectivity index (χ1n) is 7.01. The van der Waals surface area contributed by atoms with E-state index in [-0.39, 0.29) is 5.91 Å². The number of carbonyl (C=O) groups is 2. The second-order valence-electron chi connectivity index (χ2n) is 4.97. The quantitative estimate of drug-likeness (QED) is 0.845. The molecule has 1 aliphatic rings. The first-order valence-corrected chi connectivity index (χ1v) is 7.01. The monoisotopic (exact) mass is 289 g/mol. The van der Waals surface area contributed by atoms with E-state index < -0.39 is 12.0 Å². The standard InChI is InChI=1S/C16H19NO4/c1-2-11-21-13-8-6-12(7-9-13)15(18)17-10-4-3-5-14(17)16(19)20/h2,6-9,14H,1,3-5,10-11H2,(H,19,20). The van der Waals surface area contributed by atoms with Crippen molar-refractivity contribution in [3.8, 4) is 5.75 Å². The number of hydrogen-bond acceptors (Lipinski definition) is 3. The molecule has 1 unspecified atom stereocenters. The maximum Gasteiger partial charge on any atom is 0.326 e. The Kier molecular flexibility index (Phi) is 4.98. The van der Waals surface area contributed by atoms with Crippen LogP contribution < -0.4 is 4.74 Å². The number of rotatable bonds is 5. The third kappa shape index (κ3) is 3.62. The summed E-state index contributed by atoms with van der Waals surface area (Å²) < 4.78 is 5.36. The minimum Gasteiger partial charge on any atom is -0.490 e. The third-order valence-corrected chi connectivity index (χ3v) is 3.52. The van der Waals surface area contributed by atoms with Crippen LogP contribution in [-0.4, -0.2) is 41.1 Å². The Morgan fingerprint density at radius 1 is 1.33 bits per heavy atom. The average molecular weight is 289 g/mol. The molecule has 0 bridgehead atoms. The maximum absolute atomic E-state index is 12.4. The largest absolute Gasteiger partial charge is 0.490 e. The van der Waals surface area contributed by atoms with Crippen molar-refractivity contribution in [2.75, 3.05) is 13.2 Å². The molecular weight excluding hydrogens is 270 g/mol. The fourth-order valence-electron chi connectivity index (χ4n) is 2.45. The summed E-state index contributed by atoms with van der Waals surface area (Å²) >= 11 is 0. The Morgan fingerprint density at radius 3 is 2.67 bits per heavy atom. The molecule has 0 aliphatic carbocycles. The van der Waals surface area contributed by atoms with E-state index in [2.05, 4.69) is 6.58 Å². The molecule has 5 nitrogen and oxygen atoms in total. The lowest BCUT2D eigenvalue weighted by atomic mass is 10.0. The van der Waals surface area contributed by atoms with Crippen molar-refractivity contribution >= 4 is 11.9 Å². The van der Waals surface area contributed by atoms with Crippen molar-refractivity contribution < 1.29 is 19.4 Å². The molecule has 0 aromatic heterocycles. The van der Waals surface area contributed by atoms with Crippen molar-refractivity contribution in [2.45, 2.75) is 25.3 Å². The number of piperidine rings is 1. The number of hydrogen-bond donors (Lipinski definition) is 1. The van der Waals surface area contributed by atoms with Crippen LogP contribution in [0.25, 0.3) is 0 Å². The summed E-state index contributed by atoms with van der Waals surface area (Å²) in [7, 11) is 0. The second-order valence-corrected chi connectivity index (χ2v) is 4.97. The summed E-state index contributed by atoms with van der Waals surface area (Å²) in [4.78, 5) is 25.1. The highest BCUT2D eigenvalue weighted by Crippen LogP contribution is 2.21. The van der Waals surface area contributed by atoms with E-state index in [1.54, 1.807) is 30.3 Å². The van der Waals surface area contributed by atoms with Crippen LogP contribution in [0.5, 0.6) is 5.75 Å². The van der Waals surface area contributed by atoms with Crippen LogP contribution in [-0.2, 0) is 4.79 Å². The van der Waals surface area contributed by atoms with Crippen LogP contribution in [0.1, 0.15) is 29.6 Å². The second kappa shape index (κ2) is 6.92. The molecule has 1 aromatic carbocycles. The molecule has 5 heteroatoms. The maximum atomic E-state index is 12.4. The molecule has 112 valence electrons. The Bertz CT molecular complexity index is 524. The summed E-state index contributed by atoms with van der Waals surface area (Å²) in [6, 6.07) is 6.01. The molecule has 0 spiro atoms. The highest BCUT2D eigenvalue weighted by atomic mass is 16.5. The van der Waals surface area contributed by atoms with Crippen molar-refractivity contribution in [1.82, 2.24) is 4.90 Å². The van der Waals surface area contributed by atoms with E-state index in [0.29, 0.717) is 30.9 Å². The summed E-state index contributed by atoms with van der Waals surface area (Å²) in [5.41, 5.74) is 0.481. The van der Waals surface area contributed by atoms with Gasteiger partial charge in [-0.2, -0.15) is 0 Å². The van der Waals surface area contributed by atoms with Gasteiger partial charge in [0.1, 0.15) is 18.4 Å². The zero-order chi connectivity index (χ0) is 15.2. The van der Waals surface area contributed by atoms with Crippen LogP contribution in [0, 0.1) is 0 Å². The molecular formula is C16H19NO4. The third-order valence-electron chi connectivity index (χ3n) is 3.52. The van der Waals surface area contributed by atoms with Gasteiger partial charge in [0, 0.05) is 12.1 Å². The Morgan fingerprint density at radius 2 is 2.05 bits per heavy atom. The zero-order valence-electron chi connectivity index (χ0n) is 11.8. The molecule has 1 fully saturated rings. The SMILES string of the molecule is C=CCOc1ccc(C(=O)N2CCCCC2C(=O)O)cc1. The van der Waals surface area contributed by atoms with Gasteiger partial charge in [0.25, 0.3) is 5.91 Å². The molecule has 1 aliphatic heterocycles. The molecule has 1 heterocycles. The molecule has 0 saturated carbocycles. The Hall–Kier alpha value is -2.30. The van der Waals surface area contributed by atoms with Crippen molar-refractivity contribution in [1.29, 1.82) is 0 Å². The normalized spacial score (nSPS) is 18.1. The van der Waals surface area contributed by atoms with Crippen LogP contribution >= 0.6 is 0 Å². The topological polar surface area (TPSA) is 66.8 Å². The fourth-order valence-corrected chi connectivity index (χ4v) is 2.45. The summed E-state index contributed by atoms with van der Waals surface area (Å²) in [6.45, 7) is 4.46. The number of carboxylic acids is 1. The number of nitrogens with zero attached hydrogens (tertiary/aromatic N) is 1. The van der Waals surface area contributed by atoms with Crippen molar-refractivity contribution in [2.24, 2.45) is 0 Å². The molecule has 2 rings (SSSR count). The van der Waals surface area contributed by atoms with E-state index in [0.717, 1.165) is 12.8 Å². The van der Waals surface area contributed by atoms with Gasteiger partial charge in [-0.05, 0) is 43.5 Å². The van der Waals surface area contributed by atoms with Gasteiger partial charge in [0.05, 0.1) is 0 Å². The van der Waals surface area contributed by atoms with E-state index in [9.17, 15) is 14.7 Å². The Balaban J connectivity index is 2.10. The number of benzene rings is 1. The van der Waals surface area contributed by atoms with Crippen molar-refractivity contribution in [3.05, 3.63) is 42.5 Å². The molecule has 1 amide bonds. The first-order chi connectivity index (χ1) is 10.1. The zero-order valence-corrected chi connectivity index (χ0v) is 11.8. The minimum absolute atomic E-state index is 0.239. The lowest BCUT2D eigenvalue weighted by Gasteiger charge is -2.33. The summed E-state index contributed by atoms with van der Waals surface area (Å²) in [5.74, 6) is -0.522. The van der Waals surface area contributed by atoms with E-state index >= 15 is 0 Å². The molecule has 0 radical (unpaired) electrons. The lowest BCUT2D eigenvalue weighted by Crippen LogP contribution is -2.47. The smallest absolute Gasteiger partial charge is 0.326 e. The number of ether oxygens (including phenoxy) is 1. The first kappa shape index (κ1) is 15.1. The number of carbonyl (C=O) groups excluding carboxylic acids is 1. The highest BCUT2D eigenvalue weighted by molar-refractivity contribution is 5.96. The van der Waals surface area contributed by atoms with Gasteiger partial charge in [-0.1, -0.05) is 12.7 Å². The van der Waals surface area contributed by atoms with Gasteiger partial charge in [-0.25, -0.2) is 4.79 Å².